The van der Waals surface area contributed by atoms with Crippen LogP contribution in [0.25, 0.3) is 0 Å². The summed E-state index contributed by atoms with van der Waals surface area (Å²) in [5.41, 5.74) is 4.98. The molecule has 0 fully saturated rings. The normalized spacial score (nSPS) is 11.3. The maximum absolute atomic E-state index is 12.3. The van der Waals surface area contributed by atoms with E-state index in [0.29, 0.717) is 32.7 Å². The van der Waals surface area contributed by atoms with E-state index in [1.807, 2.05) is 20.8 Å². The third kappa shape index (κ3) is 6.72. The first-order valence-corrected chi connectivity index (χ1v) is 8.39. The van der Waals surface area contributed by atoms with Crippen LogP contribution >= 0.6 is 0 Å². The molecular formula is C17H29N3O4. The smallest absolute Gasteiger partial charge is 0.291 e. The van der Waals surface area contributed by atoms with Crippen molar-refractivity contribution in [2.45, 2.75) is 45.6 Å². The van der Waals surface area contributed by atoms with E-state index in [2.05, 4.69) is 10.6 Å². The molecule has 4 N–H and O–H groups in total. The first kappa shape index (κ1) is 20.2. The molecule has 0 radical (unpaired) electrons. The minimum atomic E-state index is -0.450. The Morgan fingerprint density at radius 2 is 2.12 bits per heavy atom. The van der Waals surface area contributed by atoms with Crippen LogP contribution in [0.1, 0.15) is 50.6 Å². The number of ether oxygens (including phenoxy) is 1. The molecule has 0 saturated carbocycles. The van der Waals surface area contributed by atoms with Crippen molar-refractivity contribution in [1.82, 2.24) is 10.6 Å². The lowest BCUT2D eigenvalue weighted by Crippen LogP contribution is -2.44. The van der Waals surface area contributed by atoms with Gasteiger partial charge in [0, 0.05) is 31.2 Å². The lowest BCUT2D eigenvalue weighted by Gasteiger charge is -2.26. The quantitative estimate of drug-likeness (QED) is 0.524. The Hall–Kier alpha value is -1.86. The van der Waals surface area contributed by atoms with Gasteiger partial charge in [0.05, 0.1) is 12.9 Å². The highest BCUT2D eigenvalue weighted by Gasteiger charge is 2.20. The van der Waals surface area contributed by atoms with Crippen molar-refractivity contribution in [1.29, 1.82) is 0 Å². The lowest BCUT2D eigenvalue weighted by molar-refractivity contribution is 0.0912. The number of hydrogen-bond acceptors (Lipinski definition) is 6. The standard InChI is InChI=1S/C17H29N3O4/c1-4-5-11-23-14-13(21)6-12-24-15(14)16(22)19-9-7-17(2,3)20-10-8-18/h6,12,20H,4-5,7-11,18H2,1-3H3,(H,19,22). The Labute approximate surface area is 142 Å². The number of nitrogens with one attached hydrogen (secondary N) is 2. The van der Waals surface area contributed by atoms with E-state index in [-0.39, 0.29) is 22.5 Å². The van der Waals surface area contributed by atoms with Crippen molar-refractivity contribution in [3.63, 3.8) is 0 Å². The lowest BCUT2D eigenvalue weighted by atomic mass is 10.0. The van der Waals surface area contributed by atoms with Crippen LogP contribution in [-0.4, -0.2) is 37.7 Å². The number of carbonyl (C=O) groups excluding carboxylic acids is 1. The molecule has 0 atom stereocenters. The molecule has 0 aromatic carbocycles. The molecule has 1 amide bonds. The SMILES string of the molecule is CCCCOc1c(C(=O)NCCC(C)(C)NCCN)occc1=O. The van der Waals surface area contributed by atoms with Gasteiger partial charge in [0.2, 0.25) is 16.9 Å². The molecule has 1 heterocycles. The summed E-state index contributed by atoms with van der Waals surface area (Å²) in [4.78, 5) is 24.2. The van der Waals surface area contributed by atoms with Crippen molar-refractivity contribution in [2.24, 2.45) is 5.73 Å². The van der Waals surface area contributed by atoms with Gasteiger partial charge in [-0.2, -0.15) is 0 Å². The topological polar surface area (TPSA) is 107 Å². The maximum Gasteiger partial charge on any atom is 0.291 e. The van der Waals surface area contributed by atoms with Crippen molar-refractivity contribution in [3.8, 4) is 5.75 Å². The summed E-state index contributed by atoms with van der Waals surface area (Å²) >= 11 is 0. The summed E-state index contributed by atoms with van der Waals surface area (Å²) in [6.07, 6.45) is 3.65. The van der Waals surface area contributed by atoms with E-state index < -0.39 is 5.91 Å². The van der Waals surface area contributed by atoms with Gasteiger partial charge in [0.15, 0.2) is 0 Å². The highest BCUT2D eigenvalue weighted by atomic mass is 16.5. The predicted octanol–water partition coefficient (Wildman–Crippen LogP) is 1.27. The molecule has 136 valence electrons. The second-order valence-electron chi connectivity index (χ2n) is 6.25. The fourth-order valence-electron chi connectivity index (χ4n) is 2.08. The molecule has 0 spiro atoms. The average Bonchev–Trinajstić information content (AvgIpc) is 2.54. The zero-order chi connectivity index (χ0) is 18.0. The van der Waals surface area contributed by atoms with Crippen LogP contribution in [-0.2, 0) is 0 Å². The Kier molecular flexibility index (Phi) is 8.49. The van der Waals surface area contributed by atoms with Gasteiger partial charge in [-0.1, -0.05) is 13.3 Å². The molecule has 7 heteroatoms. The first-order chi connectivity index (χ1) is 11.4. The van der Waals surface area contributed by atoms with E-state index in [1.54, 1.807) is 0 Å². The monoisotopic (exact) mass is 339 g/mol. The number of nitrogens with two attached hydrogens (primary N) is 1. The number of amides is 1. The van der Waals surface area contributed by atoms with E-state index in [9.17, 15) is 9.59 Å². The fourth-order valence-corrected chi connectivity index (χ4v) is 2.08. The number of unbranched alkanes of at least 4 members (excludes halogenated alkanes) is 1. The Morgan fingerprint density at radius 1 is 1.38 bits per heavy atom. The summed E-state index contributed by atoms with van der Waals surface area (Å²) in [5.74, 6) is -0.552. The van der Waals surface area contributed by atoms with Gasteiger partial charge in [0.1, 0.15) is 0 Å². The highest BCUT2D eigenvalue weighted by molar-refractivity contribution is 5.93. The molecule has 24 heavy (non-hydrogen) atoms. The summed E-state index contributed by atoms with van der Waals surface area (Å²) in [5, 5.41) is 6.07. The van der Waals surface area contributed by atoms with Crippen LogP contribution in [0.2, 0.25) is 0 Å². The summed E-state index contributed by atoms with van der Waals surface area (Å²) in [6, 6.07) is 1.25. The summed E-state index contributed by atoms with van der Waals surface area (Å²) in [7, 11) is 0. The molecule has 1 aromatic rings. The summed E-state index contributed by atoms with van der Waals surface area (Å²) in [6.45, 7) is 8.18. The maximum atomic E-state index is 12.3. The van der Waals surface area contributed by atoms with Gasteiger partial charge in [-0.3, -0.25) is 9.59 Å². The average molecular weight is 339 g/mol. The van der Waals surface area contributed by atoms with E-state index in [1.165, 1.54) is 12.3 Å². The third-order valence-electron chi connectivity index (χ3n) is 3.57. The van der Waals surface area contributed by atoms with Gasteiger partial charge in [-0.05, 0) is 26.7 Å². The molecule has 0 aliphatic rings. The first-order valence-electron chi connectivity index (χ1n) is 8.39. The molecule has 7 nitrogen and oxygen atoms in total. The van der Waals surface area contributed by atoms with E-state index >= 15 is 0 Å². The number of carbonyl (C=O) groups is 1. The minimum absolute atomic E-state index is 0.0241. The van der Waals surface area contributed by atoms with Crippen LogP contribution in [0.3, 0.4) is 0 Å². The van der Waals surface area contributed by atoms with Crippen molar-refractivity contribution in [3.05, 3.63) is 28.3 Å². The van der Waals surface area contributed by atoms with Crippen LogP contribution < -0.4 is 26.5 Å². The van der Waals surface area contributed by atoms with Crippen LogP contribution in [0.15, 0.2) is 21.5 Å². The Bertz CT molecular complexity index is 569. The predicted molar refractivity (Wildman–Crippen MR) is 93.5 cm³/mol. The number of rotatable bonds is 11. The van der Waals surface area contributed by atoms with Gasteiger partial charge in [-0.15, -0.1) is 0 Å². The minimum Gasteiger partial charge on any atom is -0.486 e. The second-order valence-corrected chi connectivity index (χ2v) is 6.25. The van der Waals surface area contributed by atoms with Gasteiger partial charge in [0.25, 0.3) is 5.91 Å². The number of hydrogen-bond donors (Lipinski definition) is 3. The molecular weight excluding hydrogens is 310 g/mol. The zero-order valence-corrected chi connectivity index (χ0v) is 14.8. The molecule has 1 rings (SSSR count). The molecule has 0 saturated heterocycles. The third-order valence-corrected chi connectivity index (χ3v) is 3.57. The van der Waals surface area contributed by atoms with Crippen molar-refractivity contribution in [2.75, 3.05) is 26.2 Å². The Balaban J connectivity index is 2.64. The highest BCUT2D eigenvalue weighted by Crippen LogP contribution is 2.14. The van der Waals surface area contributed by atoms with Gasteiger partial charge in [-0.25, -0.2) is 0 Å². The van der Waals surface area contributed by atoms with Crippen molar-refractivity contribution < 1.29 is 13.9 Å². The second kappa shape index (κ2) is 10.1. The van der Waals surface area contributed by atoms with E-state index in [0.717, 1.165) is 12.8 Å². The molecule has 0 aliphatic heterocycles. The molecule has 0 unspecified atom stereocenters. The van der Waals surface area contributed by atoms with Crippen LogP contribution in [0.4, 0.5) is 0 Å². The van der Waals surface area contributed by atoms with Gasteiger partial charge < -0.3 is 25.5 Å². The van der Waals surface area contributed by atoms with Crippen molar-refractivity contribution >= 4 is 5.91 Å². The van der Waals surface area contributed by atoms with Crippen LogP contribution in [0.5, 0.6) is 5.75 Å². The van der Waals surface area contributed by atoms with Crippen LogP contribution in [0, 0.1) is 0 Å². The largest absolute Gasteiger partial charge is 0.486 e. The van der Waals surface area contributed by atoms with E-state index in [4.69, 9.17) is 14.9 Å². The molecule has 0 aliphatic carbocycles. The summed E-state index contributed by atoms with van der Waals surface area (Å²) < 4.78 is 10.6. The molecule has 0 bridgehead atoms. The fraction of sp³-hybridized carbons (Fsp3) is 0.647. The Morgan fingerprint density at radius 3 is 2.79 bits per heavy atom. The molecule has 1 aromatic heterocycles. The van der Waals surface area contributed by atoms with Gasteiger partial charge >= 0.3 is 0 Å². The zero-order valence-electron chi connectivity index (χ0n) is 14.8.